The number of hydrogen-bond donors (Lipinski definition) is 5. The van der Waals surface area contributed by atoms with Crippen LogP contribution >= 0.6 is 7.75 Å². The average Bonchev–Trinajstić information content (AvgIpc) is 3.24. The summed E-state index contributed by atoms with van der Waals surface area (Å²) < 4.78 is 30.0. The summed E-state index contributed by atoms with van der Waals surface area (Å²) in [7, 11) is -4.51. The Kier molecular flexibility index (Phi) is 12.9. The normalized spacial score (nSPS) is 33.1. The predicted molar refractivity (Wildman–Crippen MR) is 130 cm³/mol. The van der Waals surface area contributed by atoms with Crippen LogP contribution in [0.3, 0.4) is 0 Å². The molecular formula is C24H33N2Na2O10P+2. The van der Waals surface area contributed by atoms with E-state index in [2.05, 4.69) is 5.09 Å². The molecule has 3 aliphatic rings. The Bertz CT molecular complexity index is 1120. The van der Waals surface area contributed by atoms with E-state index < -0.39 is 62.4 Å². The molecule has 2 heterocycles. The van der Waals surface area contributed by atoms with Gasteiger partial charge < -0.3 is 25.2 Å². The van der Waals surface area contributed by atoms with Gasteiger partial charge >= 0.3 is 72.8 Å². The third-order valence-electron chi connectivity index (χ3n) is 6.70. The van der Waals surface area contributed by atoms with E-state index in [4.69, 9.17) is 13.9 Å². The molecule has 2 saturated heterocycles. The number of aliphatic hydroxyl groups excluding tert-OH is 3. The second-order valence-electron chi connectivity index (χ2n) is 9.99. The number of aliphatic carboxylic acids is 1. The molecule has 2 aliphatic heterocycles. The number of ether oxygens (including phenoxy) is 1. The maximum absolute atomic E-state index is 13.8. The third-order valence-corrected chi connectivity index (χ3v) is 8.20. The Balaban J connectivity index is 0.00000267. The van der Waals surface area contributed by atoms with E-state index in [0.717, 1.165) is 11.1 Å². The Morgan fingerprint density at radius 1 is 1.18 bits per heavy atom. The van der Waals surface area contributed by atoms with Crippen molar-refractivity contribution in [2.75, 3.05) is 0 Å². The van der Waals surface area contributed by atoms with Crippen molar-refractivity contribution in [1.82, 2.24) is 10.2 Å². The number of hydroxylamine groups is 2. The van der Waals surface area contributed by atoms with Gasteiger partial charge in [-0.15, -0.1) is 0 Å². The summed E-state index contributed by atoms with van der Waals surface area (Å²) in [6.07, 6.45) is -4.93. The molecule has 0 aromatic heterocycles. The van der Waals surface area contributed by atoms with Crippen molar-refractivity contribution in [2.24, 2.45) is 5.92 Å². The molecule has 2 fully saturated rings. The Labute approximate surface area is 271 Å². The minimum atomic E-state index is -4.51. The largest absolute Gasteiger partial charge is 1.00 e. The second-order valence-corrected chi connectivity index (χ2v) is 11.6. The van der Waals surface area contributed by atoms with Gasteiger partial charge in [-0.05, 0) is 42.4 Å². The number of aliphatic hydroxyl groups is 3. The van der Waals surface area contributed by atoms with Crippen LogP contribution in [0.25, 0.3) is 5.57 Å². The number of amides is 1. The minimum Gasteiger partial charge on any atom is -0.480 e. The summed E-state index contributed by atoms with van der Waals surface area (Å²) in [6, 6.07) is 4.88. The fourth-order valence-electron chi connectivity index (χ4n) is 4.73. The number of carbonyl (C=O) groups is 2. The van der Waals surface area contributed by atoms with E-state index >= 15 is 0 Å². The van der Waals surface area contributed by atoms with Crippen LogP contribution in [-0.2, 0) is 34.5 Å². The fourth-order valence-corrected chi connectivity index (χ4v) is 6.35. The minimum absolute atomic E-state index is 0. The summed E-state index contributed by atoms with van der Waals surface area (Å²) in [5, 5.41) is 43.6. The Morgan fingerprint density at radius 3 is 2.49 bits per heavy atom. The van der Waals surface area contributed by atoms with Crippen LogP contribution in [0.5, 0.6) is 0 Å². The molecule has 5 N–H and O–H groups in total. The summed E-state index contributed by atoms with van der Waals surface area (Å²) in [6.45, 7) is 5.10. The monoisotopic (exact) mass is 586 g/mol. The van der Waals surface area contributed by atoms with Gasteiger partial charge in [-0.3, -0.25) is 9.32 Å². The van der Waals surface area contributed by atoms with E-state index in [-0.39, 0.29) is 77.9 Å². The molecule has 1 aliphatic carbocycles. The Hall–Kier alpha value is -0.150. The molecule has 1 aromatic carbocycles. The molecule has 4 rings (SSSR count). The quantitative estimate of drug-likeness (QED) is 0.146. The maximum Gasteiger partial charge on any atom is 1.00 e. The third kappa shape index (κ3) is 7.82. The van der Waals surface area contributed by atoms with Crippen molar-refractivity contribution >= 4 is 25.2 Å². The number of hydrogen-bond acceptors (Lipinski definition) is 9. The predicted octanol–water partition coefficient (Wildman–Crippen LogP) is -4.79. The van der Waals surface area contributed by atoms with Gasteiger partial charge in [0.2, 0.25) is 0 Å². The molecule has 1 unspecified atom stereocenters. The van der Waals surface area contributed by atoms with Gasteiger partial charge in [-0.1, -0.05) is 44.2 Å². The van der Waals surface area contributed by atoms with Crippen molar-refractivity contribution in [3.63, 3.8) is 0 Å². The molecule has 0 spiro atoms. The fraction of sp³-hybridized carbons (Fsp3) is 0.583. The standard InChI is InChI=1S/C24H33N2O10P.2Na/c1-12(2)10-17-22(30)26(18(23(31)32)11-15-9-8-14-6-4-5-7-16(14)15)36-37(33,25-17)35-24-21(29)20(28)19(27)13(3)34-24;;/h4-7,9,12-13,17-21,24,27-29H,8,10-11H2,1-3H3,(H,25,33)(H,31,32);;/q;2*+1/t13-,17-,18-,19-,20+,21+,24-,37?;;/m0../s1. The van der Waals surface area contributed by atoms with Gasteiger partial charge in [0.05, 0.1) is 12.1 Å². The molecule has 0 saturated carbocycles. The number of fused-ring (bicyclic) bond motifs is 1. The first-order valence-electron chi connectivity index (χ1n) is 12.2. The number of allylic oxidation sites excluding steroid dienone is 1. The number of carbonyl (C=O) groups excluding carboxylic acids is 1. The molecule has 0 bridgehead atoms. The van der Waals surface area contributed by atoms with E-state index in [0.29, 0.717) is 17.1 Å². The van der Waals surface area contributed by atoms with Crippen LogP contribution in [0.15, 0.2) is 30.3 Å². The number of rotatable bonds is 8. The smallest absolute Gasteiger partial charge is 0.480 e. The maximum atomic E-state index is 13.8. The zero-order chi connectivity index (χ0) is 27.1. The number of benzene rings is 1. The number of nitrogens with one attached hydrogen (secondary N) is 1. The number of nitrogens with zero attached hydrogens (tertiary/aromatic N) is 1. The van der Waals surface area contributed by atoms with Crippen molar-refractivity contribution in [2.45, 2.75) is 82.8 Å². The summed E-state index contributed by atoms with van der Waals surface area (Å²) in [5.74, 6) is -2.13. The first-order valence-corrected chi connectivity index (χ1v) is 13.7. The second kappa shape index (κ2) is 14.3. The Morgan fingerprint density at radius 2 is 1.85 bits per heavy atom. The van der Waals surface area contributed by atoms with E-state index in [1.807, 2.05) is 44.2 Å². The van der Waals surface area contributed by atoms with E-state index in [1.165, 1.54) is 6.92 Å². The molecule has 12 nitrogen and oxygen atoms in total. The number of carboxylic acid groups (broad SMARTS) is 1. The molecule has 0 radical (unpaired) electrons. The topological polar surface area (TPSA) is 175 Å². The average molecular weight is 586 g/mol. The van der Waals surface area contributed by atoms with Gasteiger partial charge in [0, 0.05) is 6.42 Å². The van der Waals surface area contributed by atoms with Crippen LogP contribution in [0, 0.1) is 5.92 Å². The van der Waals surface area contributed by atoms with Crippen LogP contribution in [-0.4, -0.2) is 80.2 Å². The SMILES string of the molecule is CC(C)C[C@@H]1NP(=O)(O[C@@H]2O[C@@H](C)[C@H](O)[C@@H](O)[C@H]2O)ON([C@@H](CC2=CCc3ccccc32)C(=O)O)C1=O.[Na+].[Na+]. The van der Waals surface area contributed by atoms with Gasteiger partial charge in [-0.25, -0.2) is 14.4 Å². The molecule has 204 valence electrons. The summed E-state index contributed by atoms with van der Waals surface area (Å²) in [4.78, 5) is 25.7. The number of carboxylic acids is 1. The molecule has 1 aromatic rings. The molecule has 39 heavy (non-hydrogen) atoms. The molecular weight excluding hydrogens is 553 g/mol. The van der Waals surface area contributed by atoms with Crippen LogP contribution in [0.4, 0.5) is 0 Å². The van der Waals surface area contributed by atoms with E-state index in [1.54, 1.807) is 0 Å². The zero-order valence-electron chi connectivity index (χ0n) is 22.8. The van der Waals surface area contributed by atoms with Gasteiger partial charge in [0.15, 0.2) is 12.3 Å². The van der Waals surface area contributed by atoms with Gasteiger partial charge in [0.1, 0.15) is 18.3 Å². The van der Waals surface area contributed by atoms with Crippen molar-refractivity contribution in [3.8, 4) is 0 Å². The molecule has 1 amide bonds. The van der Waals surface area contributed by atoms with E-state index in [9.17, 15) is 34.6 Å². The van der Waals surface area contributed by atoms with Crippen molar-refractivity contribution < 1.29 is 108 Å². The first kappa shape index (κ1) is 35.0. The molecule has 15 heteroatoms. The van der Waals surface area contributed by atoms with Crippen LogP contribution < -0.4 is 64.2 Å². The van der Waals surface area contributed by atoms with Gasteiger partial charge in [-0.2, -0.15) is 9.69 Å². The van der Waals surface area contributed by atoms with Crippen LogP contribution in [0.2, 0.25) is 0 Å². The van der Waals surface area contributed by atoms with Gasteiger partial charge in [0.25, 0.3) is 5.91 Å². The summed E-state index contributed by atoms with van der Waals surface area (Å²) >= 11 is 0. The molecule has 8 atom stereocenters. The van der Waals surface area contributed by atoms with Crippen molar-refractivity contribution in [1.29, 1.82) is 0 Å². The van der Waals surface area contributed by atoms with Crippen LogP contribution in [0.1, 0.15) is 44.7 Å². The first-order chi connectivity index (χ1) is 17.4. The summed E-state index contributed by atoms with van der Waals surface area (Å²) in [5.41, 5.74) is 2.61. The van der Waals surface area contributed by atoms with Crippen molar-refractivity contribution in [3.05, 3.63) is 41.5 Å². The zero-order valence-corrected chi connectivity index (χ0v) is 27.7.